The van der Waals surface area contributed by atoms with Crippen molar-refractivity contribution < 1.29 is 34.4 Å². The number of primary amides is 1. The van der Waals surface area contributed by atoms with Gasteiger partial charge in [0.2, 0.25) is 5.91 Å². The molecule has 0 unspecified atom stereocenters. The first kappa shape index (κ1) is 26.9. The summed E-state index contributed by atoms with van der Waals surface area (Å²) in [6.45, 7) is 1.90. The van der Waals surface area contributed by atoms with Gasteiger partial charge in [-0.25, -0.2) is 4.79 Å². The molecule has 36 heavy (non-hydrogen) atoms. The highest BCUT2D eigenvalue weighted by molar-refractivity contribution is 5.92. The normalized spacial score (nSPS) is 24.3. The van der Waals surface area contributed by atoms with Crippen molar-refractivity contribution >= 4 is 23.5 Å². The van der Waals surface area contributed by atoms with Gasteiger partial charge in [-0.05, 0) is 36.8 Å². The van der Waals surface area contributed by atoms with E-state index in [0.717, 1.165) is 5.56 Å². The number of aryl methyl sites for hydroxylation is 1. The topological polar surface area (TPSA) is 183 Å². The van der Waals surface area contributed by atoms with E-state index in [1.165, 1.54) is 7.11 Å². The number of nitrogens with one attached hydrogen (secondary N) is 3. The average Bonchev–Trinajstić information content (AvgIpc) is 2.83. The second kappa shape index (κ2) is 11.4. The third kappa shape index (κ3) is 6.72. The van der Waals surface area contributed by atoms with Crippen molar-refractivity contribution in [1.29, 1.82) is 0 Å². The van der Waals surface area contributed by atoms with Crippen molar-refractivity contribution in [3.63, 3.8) is 0 Å². The van der Waals surface area contributed by atoms with Gasteiger partial charge in [-0.3, -0.25) is 9.59 Å². The van der Waals surface area contributed by atoms with E-state index in [2.05, 4.69) is 16.0 Å². The molecule has 11 heteroatoms. The zero-order valence-corrected chi connectivity index (χ0v) is 20.1. The number of carbonyl (C=O) groups is 3. The number of urea groups is 1. The van der Waals surface area contributed by atoms with Gasteiger partial charge in [-0.2, -0.15) is 0 Å². The van der Waals surface area contributed by atoms with Crippen LogP contribution in [0, 0.1) is 6.92 Å². The Bertz CT molecular complexity index is 1080. The molecule has 8 N–H and O–H groups in total. The number of methoxy groups -OCH3 is 1. The molecule has 0 aromatic heterocycles. The summed E-state index contributed by atoms with van der Waals surface area (Å²) in [6, 6.07) is 10.8. The summed E-state index contributed by atoms with van der Waals surface area (Å²) in [6.07, 6.45) is -3.76. The quantitative estimate of drug-likeness (QED) is 0.265. The molecule has 0 heterocycles. The molecule has 5 atom stereocenters. The Hall–Kier alpha value is -3.67. The molecule has 0 bridgehead atoms. The number of nitrogens with two attached hydrogens (primary N) is 1. The van der Waals surface area contributed by atoms with Crippen molar-refractivity contribution in [2.75, 3.05) is 12.4 Å². The first-order valence-electron chi connectivity index (χ1n) is 11.5. The van der Waals surface area contributed by atoms with Gasteiger partial charge in [0.1, 0.15) is 23.5 Å². The van der Waals surface area contributed by atoms with E-state index in [4.69, 9.17) is 10.5 Å². The number of benzene rings is 2. The van der Waals surface area contributed by atoms with Gasteiger partial charge in [0.25, 0.3) is 5.91 Å². The molecule has 1 saturated carbocycles. The zero-order valence-electron chi connectivity index (χ0n) is 20.1. The monoisotopic (exact) mass is 500 g/mol. The van der Waals surface area contributed by atoms with E-state index in [1.54, 1.807) is 48.5 Å². The molecule has 1 fully saturated rings. The van der Waals surface area contributed by atoms with Crippen LogP contribution in [0.25, 0.3) is 0 Å². The number of hydrogen-bond acceptors (Lipinski definition) is 7. The van der Waals surface area contributed by atoms with Crippen LogP contribution in [-0.4, -0.2) is 70.2 Å². The SMILES string of the molecule is COc1ccc(C[C@H](NC(=O)[C@@]2(O)C[C@@H](O)[C@H](O)[C@@H](NC(=O)Nc3ccc(C)cc3)C2)C(N)=O)cc1. The molecule has 0 radical (unpaired) electrons. The minimum absolute atomic E-state index is 0.0625. The summed E-state index contributed by atoms with van der Waals surface area (Å²) in [5.41, 5.74) is 5.50. The number of rotatable bonds is 8. The largest absolute Gasteiger partial charge is 0.497 e. The molecule has 1 aliphatic rings. The molecule has 2 aromatic rings. The van der Waals surface area contributed by atoms with Gasteiger partial charge in [0.15, 0.2) is 0 Å². The summed E-state index contributed by atoms with van der Waals surface area (Å²) in [5, 5.41) is 39.3. The zero-order chi connectivity index (χ0) is 26.5. The third-order valence-electron chi connectivity index (χ3n) is 6.21. The fraction of sp³-hybridized carbons (Fsp3) is 0.400. The van der Waals surface area contributed by atoms with E-state index >= 15 is 0 Å². The summed E-state index contributed by atoms with van der Waals surface area (Å²) < 4.78 is 5.10. The average molecular weight is 501 g/mol. The molecule has 11 nitrogen and oxygen atoms in total. The van der Waals surface area contributed by atoms with Crippen LogP contribution in [0.5, 0.6) is 5.75 Å². The molecular weight excluding hydrogens is 468 g/mol. The van der Waals surface area contributed by atoms with Crippen molar-refractivity contribution in [1.82, 2.24) is 10.6 Å². The maximum Gasteiger partial charge on any atom is 0.319 e. The van der Waals surface area contributed by atoms with Crippen LogP contribution in [0.4, 0.5) is 10.5 Å². The Morgan fingerprint density at radius 1 is 1.08 bits per heavy atom. The Morgan fingerprint density at radius 3 is 2.31 bits per heavy atom. The molecule has 0 saturated heterocycles. The smallest absolute Gasteiger partial charge is 0.319 e. The molecule has 194 valence electrons. The van der Waals surface area contributed by atoms with Crippen LogP contribution < -0.4 is 26.4 Å². The fourth-order valence-electron chi connectivity index (χ4n) is 4.11. The summed E-state index contributed by atoms with van der Waals surface area (Å²) in [5.74, 6) is -1.14. The minimum atomic E-state index is -2.17. The van der Waals surface area contributed by atoms with Crippen LogP contribution >= 0.6 is 0 Å². The van der Waals surface area contributed by atoms with E-state index in [0.29, 0.717) is 17.0 Å². The number of aliphatic hydroxyl groups is 3. The van der Waals surface area contributed by atoms with Gasteiger partial charge in [0.05, 0.1) is 19.3 Å². The number of hydrogen-bond donors (Lipinski definition) is 7. The van der Waals surface area contributed by atoms with E-state index in [-0.39, 0.29) is 6.42 Å². The van der Waals surface area contributed by atoms with Crippen LogP contribution in [0.3, 0.4) is 0 Å². The van der Waals surface area contributed by atoms with Crippen LogP contribution in [0.2, 0.25) is 0 Å². The molecule has 3 rings (SSSR count). The van der Waals surface area contributed by atoms with Gasteiger partial charge in [0, 0.05) is 24.9 Å². The van der Waals surface area contributed by atoms with E-state index in [9.17, 15) is 29.7 Å². The number of aliphatic hydroxyl groups excluding tert-OH is 2. The first-order chi connectivity index (χ1) is 17.0. The Balaban J connectivity index is 1.67. The lowest BCUT2D eigenvalue weighted by Crippen LogP contribution is -2.64. The lowest BCUT2D eigenvalue weighted by atomic mass is 9.77. The number of anilines is 1. The second-order valence-electron chi connectivity index (χ2n) is 9.05. The minimum Gasteiger partial charge on any atom is -0.497 e. The van der Waals surface area contributed by atoms with Gasteiger partial charge in [-0.1, -0.05) is 29.8 Å². The Labute approximate surface area is 208 Å². The van der Waals surface area contributed by atoms with Crippen molar-refractivity contribution in [2.45, 2.75) is 56.1 Å². The highest BCUT2D eigenvalue weighted by Crippen LogP contribution is 2.30. The van der Waals surface area contributed by atoms with Crippen molar-refractivity contribution in [3.05, 3.63) is 59.7 Å². The van der Waals surface area contributed by atoms with Crippen LogP contribution in [0.15, 0.2) is 48.5 Å². The summed E-state index contributed by atoms with van der Waals surface area (Å²) in [4.78, 5) is 37.5. The maximum absolute atomic E-state index is 13.0. The lowest BCUT2D eigenvalue weighted by Gasteiger charge is -2.41. The lowest BCUT2D eigenvalue weighted by molar-refractivity contribution is -0.158. The Morgan fingerprint density at radius 2 is 1.72 bits per heavy atom. The number of carbonyl (C=O) groups excluding carboxylic acids is 3. The van der Waals surface area contributed by atoms with Gasteiger partial charge in [-0.15, -0.1) is 0 Å². The molecule has 0 spiro atoms. The van der Waals surface area contributed by atoms with Crippen molar-refractivity contribution in [2.24, 2.45) is 5.73 Å². The molecule has 2 aromatic carbocycles. The second-order valence-corrected chi connectivity index (χ2v) is 9.05. The third-order valence-corrected chi connectivity index (χ3v) is 6.21. The first-order valence-corrected chi connectivity index (χ1v) is 11.5. The highest BCUT2D eigenvalue weighted by Gasteiger charge is 2.49. The van der Waals surface area contributed by atoms with Gasteiger partial charge < -0.3 is 41.7 Å². The highest BCUT2D eigenvalue weighted by atomic mass is 16.5. The number of amides is 4. The predicted molar refractivity (Wildman–Crippen MR) is 131 cm³/mol. The van der Waals surface area contributed by atoms with Gasteiger partial charge >= 0.3 is 6.03 Å². The molecule has 4 amide bonds. The summed E-state index contributed by atoms with van der Waals surface area (Å²) in [7, 11) is 1.52. The predicted octanol–water partition coefficient (Wildman–Crippen LogP) is -0.0468. The Kier molecular flexibility index (Phi) is 8.51. The van der Waals surface area contributed by atoms with Crippen LogP contribution in [-0.2, 0) is 16.0 Å². The molecule has 0 aliphatic heterocycles. The maximum atomic E-state index is 13.0. The van der Waals surface area contributed by atoms with Crippen molar-refractivity contribution in [3.8, 4) is 5.75 Å². The van der Waals surface area contributed by atoms with E-state index in [1.807, 2.05) is 6.92 Å². The summed E-state index contributed by atoms with van der Waals surface area (Å²) >= 11 is 0. The van der Waals surface area contributed by atoms with Crippen LogP contribution in [0.1, 0.15) is 24.0 Å². The molecular formula is C25H32N4O7. The number of ether oxygens (including phenoxy) is 1. The fourth-order valence-corrected chi connectivity index (χ4v) is 4.11. The van der Waals surface area contributed by atoms with E-state index < -0.39 is 60.6 Å². The molecule has 1 aliphatic carbocycles. The standard InChI is InChI=1S/C25H32N4O7/c1-14-3-7-16(8-4-14)27-24(34)29-19-12-25(35,13-20(30)21(19)31)23(33)28-18(22(26)32)11-15-5-9-17(36-2)10-6-15/h3-10,18-21,30-31,35H,11-13H2,1-2H3,(H2,26,32)(H,28,33)(H2,27,29,34)/t18-,19-,20+,21+,25-/m0/s1.